The summed E-state index contributed by atoms with van der Waals surface area (Å²) < 4.78 is 0. The Morgan fingerprint density at radius 3 is 1.38 bits per heavy atom. The number of rotatable bonds is 4. The van der Waals surface area contributed by atoms with E-state index in [2.05, 4.69) is 20.6 Å². The number of aliphatic imine (C=N–C) groups is 2. The fraction of sp³-hybridized carbons (Fsp3) is 0.429. The molecule has 2 N–H and O–H groups in total. The lowest BCUT2D eigenvalue weighted by Gasteiger charge is -2.15. The molecule has 0 saturated carbocycles. The van der Waals surface area contributed by atoms with Crippen molar-refractivity contribution in [3.63, 3.8) is 0 Å². The van der Waals surface area contributed by atoms with E-state index in [4.69, 9.17) is 46.4 Å². The number of hydrogen-bond acceptors (Lipinski definition) is 6. The Kier molecular flexibility index (Phi) is 6.74. The molecule has 0 radical (unpaired) electrons. The van der Waals surface area contributed by atoms with E-state index in [0.29, 0.717) is 31.6 Å². The molecule has 10 heteroatoms. The number of thioether (sulfide) groups is 2. The molecule has 0 amide bonds. The van der Waals surface area contributed by atoms with Crippen molar-refractivity contribution in [1.82, 2.24) is 10.6 Å². The van der Waals surface area contributed by atoms with Crippen molar-refractivity contribution in [2.45, 2.75) is 11.5 Å². The van der Waals surface area contributed by atoms with Crippen LogP contribution >= 0.6 is 69.9 Å². The number of nitrogens with zero attached hydrogens (tertiary/aromatic N) is 2. The first-order chi connectivity index (χ1) is 11.6. The van der Waals surface area contributed by atoms with Crippen molar-refractivity contribution in [2.75, 3.05) is 26.2 Å². The van der Waals surface area contributed by atoms with Crippen LogP contribution in [0, 0.1) is 0 Å². The molecule has 3 rings (SSSR count). The fourth-order valence-electron chi connectivity index (χ4n) is 2.20. The number of benzene rings is 1. The summed E-state index contributed by atoms with van der Waals surface area (Å²) in [5, 5.41) is 9.98. The zero-order valence-corrected chi connectivity index (χ0v) is 17.1. The summed E-state index contributed by atoms with van der Waals surface area (Å²) >= 11 is 28.9. The standard InChI is InChI=1S/C14H14Cl4N4S2/c15-9-7(5-23-13-19-1-2-20-13)10(16)12(18)8(11(9)17)6-24-14-21-3-4-22-14/h1-6H2,(H,19,20)(H,21,22). The smallest absolute Gasteiger partial charge is 0.157 e. The number of amidine groups is 2. The lowest BCUT2D eigenvalue weighted by Crippen LogP contribution is -2.15. The molecule has 1 aromatic carbocycles. The molecule has 4 nitrogen and oxygen atoms in total. The van der Waals surface area contributed by atoms with Crippen molar-refractivity contribution in [3.05, 3.63) is 31.2 Å². The van der Waals surface area contributed by atoms with Crippen LogP contribution in [0.2, 0.25) is 20.1 Å². The topological polar surface area (TPSA) is 48.8 Å². The Bertz CT molecular complexity index is 621. The van der Waals surface area contributed by atoms with Gasteiger partial charge in [-0.2, -0.15) is 0 Å². The predicted molar refractivity (Wildman–Crippen MR) is 110 cm³/mol. The van der Waals surface area contributed by atoms with Crippen molar-refractivity contribution in [2.24, 2.45) is 9.98 Å². The molecular weight excluding hydrogens is 430 g/mol. The number of halogens is 4. The highest BCUT2D eigenvalue weighted by atomic mass is 35.5. The molecule has 24 heavy (non-hydrogen) atoms. The van der Waals surface area contributed by atoms with E-state index in [1.54, 1.807) is 23.5 Å². The van der Waals surface area contributed by atoms with Gasteiger partial charge in [-0.05, 0) is 0 Å². The van der Waals surface area contributed by atoms with Crippen molar-refractivity contribution >= 4 is 80.3 Å². The highest BCUT2D eigenvalue weighted by Crippen LogP contribution is 2.44. The van der Waals surface area contributed by atoms with Gasteiger partial charge >= 0.3 is 0 Å². The Morgan fingerprint density at radius 2 is 1.08 bits per heavy atom. The van der Waals surface area contributed by atoms with Crippen LogP contribution in [0.5, 0.6) is 0 Å². The summed E-state index contributed by atoms with van der Waals surface area (Å²) in [6.07, 6.45) is 0. The molecule has 0 saturated heterocycles. The van der Waals surface area contributed by atoms with Crippen LogP contribution in [-0.4, -0.2) is 36.5 Å². The molecule has 2 heterocycles. The number of hydrogen-bond donors (Lipinski definition) is 2. The van der Waals surface area contributed by atoms with E-state index in [0.717, 1.165) is 47.6 Å². The third-order valence-corrected chi connectivity index (χ3v) is 7.26. The molecule has 0 fully saturated rings. The van der Waals surface area contributed by atoms with Gasteiger partial charge in [0.05, 0.1) is 33.2 Å². The molecule has 0 aromatic heterocycles. The van der Waals surface area contributed by atoms with Crippen LogP contribution < -0.4 is 10.6 Å². The fourth-order valence-corrected chi connectivity index (χ4v) is 5.63. The summed E-state index contributed by atoms with van der Waals surface area (Å²) in [6.45, 7) is 3.30. The van der Waals surface area contributed by atoms with Crippen LogP contribution in [-0.2, 0) is 11.5 Å². The monoisotopic (exact) mass is 442 g/mol. The van der Waals surface area contributed by atoms with E-state index in [1.165, 1.54) is 0 Å². The summed E-state index contributed by atoms with van der Waals surface area (Å²) in [4.78, 5) is 8.68. The van der Waals surface area contributed by atoms with E-state index >= 15 is 0 Å². The predicted octanol–water partition coefficient (Wildman–Crippen LogP) is 4.69. The first-order valence-electron chi connectivity index (χ1n) is 7.24. The van der Waals surface area contributed by atoms with Crippen LogP contribution in [0.3, 0.4) is 0 Å². The quantitative estimate of drug-likeness (QED) is 0.663. The van der Waals surface area contributed by atoms with Crippen molar-refractivity contribution in [3.8, 4) is 0 Å². The molecule has 1 aromatic rings. The Labute approximate surface area is 169 Å². The maximum atomic E-state index is 6.45. The normalized spacial score (nSPS) is 16.7. The van der Waals surface area contributed by atoms with Crippen molar-refractivity contribution in [1.29, 1.82) is 0 Å². The van der Waals surface area contributed by atoms with Crippen LogP contribution in [0.1, 0.15) is 11.1 Å². The summed E-state index contributed by atoms with van der Waals surface area (Å²) in [7, 11) is 0. The second kappa shape index (κ2) is 8.60. The first-order valence-corrected chi connectivity index (χ1v) is 10.7. The molecule has 0 aliphatic carbocycles. The average molecular weight is 444 g/mol. The maximum Gasteiger partial charge on any atom is 0.157 e. The largest absolute Gasteiger partial charge is 0.363 e. The van der Waals surface area contributed by atoms with Gasteiger partial charge in [0, 0.05) is 35.7 Å². The summed E-state index contributed by atoms with van der Waals surface area (Å²) in [6, 6.07) is 0. The summed E-state index contributed by atoms with van der Waals surface area (Å²) in [5.74, 6) is 1.12. The zero-order valence-electron chi connectivity index (χ0n) is 12.5. The molecule has 2 aliphatic rings. The molecule has 2 aliphatic heterocycles. The second-order valence-electron chi connectivity index (χ2n) is 5.02. The van der Waals surface area contributed by atoms with Crippen LogP contribution in [0.25, 0.3) is 0 Å². The lowest BCUT2D eigenvalue weighted by molar-refractivity contribution is 0.963. The number of nitrogens with one attached hydrogen (secondary N) is 2. The summed E-state index contributed by atoms with van der Waals surface area (Å²) in [5.41, 5.74) is 1.47. The van der Waals surface area contributed by atoms with Gasteiger partial charge in [0.1, 0.15) is 0 Å². The van der Waals surface area contributed by atoms with E-state index < -0.39 is 0 Å². The highest BCUT2D eigenvalue weighted by Gasteiger charge is 2.22. The molecular formula is C14H14Cl4N4S2. The maximum absolute atomic E-state index is 6.45. The third-order valence-electron chi connectivity index (χ3n) is 3.44. The van der Waals surface area contributed by atoms with Gasteiger partial charge < -0.3 is 10.6 Å². The van der Waals surface area contributed by atoms with Gasteiger partial charge in [-0.25, -0.2) is 0 Å². The minimum absolute atomic E-state index is 0.453. The van der Waals surface area contributed by atoms with Crippen LogP contribution in [0.4, 0.5) is 0 Å². The zero-order chi connectivity index (χ0) is 17.1. The van der Waals surface area contributed by atoms with Crippen molar-refractivity contribution < 1.29 is 0 Å². The minimum atomic E-state index is 0.453. The van der Waals surface area contributed by atoms with Gasteiger partial charge in [-0.15, -0.1) is 0 Å². The highest BCUT2D eigenvalue weighted by molar-refractivity contribution is 8.13. The Morgan fingerprint density at radius 1 is 0.708 bits per heavy atom. The molecule has 0 unspecified atom stereocenters. The Balaban J connectivity index is 1.78. The van der Waals surface area contributed by atoms with Gasteiger partial charge in [-0.1, -0.05) is 69.9 Å². The molecule has 0 bridgehead atoms. The molecule has 0 atom stereocenters. The lowest BCUT2D eigenvalue weighted by atomic mass is 10.1. The van der Waals surface area contributed by atoms with Gasteiger partial charge in [0.15, 0.2) is 10.3 Å². The van der Waals surface area contributed by atoms with Gasteiger partial charge in [-0.3, -0.25) is 9.98 Å². The third kappa shape index (κ3) is 4.22. The first kappa shape index (κ1) is 18.8. The van der Waals surface area contributed by atoms with Crippen LogP contribution in [0.15, 0.2) is 9.98 Å². The minimum Gasteiger partial charge on any atom is -0.363 e. The molecule has 130 valence electrons. The Hall–Kier alpha value is 0.0200. The van der Waals surface area contributed by atoms with E-state index in [1.807, 2.05) is 0 Å². The second-order valence-corrected chi connectivity index (χ2v) is 8.46. The van der Waals surface area contributed by atoms with E-state index in [9.17, 15) is 0 Å². The van der Waals surface area contributed by atoms with Gasteiger partial charge in [0.2, 0.25) is 0 Å². The molecule has 0 spiro atoms. The van der Waals surface area contributed by atoms with Gasteiger partial charge in [0.25, 0.3) is 0 Å². The average Bonchev–Trinajstić information content (AvgIpc) is 3.26. The van der Waals surface area contributed by atoms with E-state index in [-0.39, 0.29) is 0 Å². The SMILES string of the molecule is Clc1c(Cl)c(CSC2=NCCN2)c(Cl)c(Cl)c1CSC1=NCCN1.